The Morgan fingerprint density at radius 1 is 0.564 bits per heavy atom. The number of nitrogens with zero attached hydrogens (tertiary/aromatic N) is 7. The summed E-state index contributed by atoms with van der Waals surface area (Å²) in [5.41, 5.74) is -5.87. The normalized spacial score (nSPS) is 13.4. The fraction of sp³-hybridized carbons (Fsp3) is 1.00. The van der Waals surface area contributed by atoms with E-state index in [-0.39, 0.29) is 0 Å². The van der Waals surface area contributed by atoms with Crippen LogP contribution >= 0.6 is 0 Å². The van der Waals surface area contributed by atoms with Crippen molar-refractivity contribution in [3.63, 3.8) is 0 Å². The van der Waals surface area contributed by atoms with Crippen molar-refractivity contribution in [1.29, 1.82) is 0 Å². The van der Waals surface area contributed by atoms with Crippen molar-refractivity contribution in [3.8, 4) is 0 Å². The lowest BCUT2D eigenvalue weighted by Crippen LogP contribution is -2.75. The van der Waals surface area contributed by atoms with Crippen LogP contribution in [0.15, 0.2) is 0 Å². The van der Waals surface area contributed by atoms with Gasteiger partial charge in [-0.05, 0) is 0 Å². The summed E-state index contributed by atoms with van der Waals surface area (Å²) in [6, 6.07) is 0. The molecule has 0 aromatic rings. The van der Waals surface area contributed by atoms with Crippen molar-refractivity contribution in [2.75, 3.05) is 6.61 Å². The minimum absolute atomic E-state index is 2.87. The zero-order chi connectivity index (χ0) is 31.6. The Kier molecular flexibility index (Phi) is 9.30. The number of hydrogen-bond acceptors (Lipinski definition) is 18. The topological polar surface area (TPSA) is 361 Å². The molecule has 0 bridgehead atoms. The molecule has 0 unspecified atom stereocenters. The summed E-state index contributed by atoms with van der Waals surface area (Å²) in [5.74, 6) is -18.0. The molecule has 0 heterocycles. The molecule has 0 spiro atoms. The number of alkyl halides is 5. The monoisotopic (exact) mass is 597 g/mol. The Balaban J connectivity index is 8.20. The van der Waals surface area contributed by atoms with Gasteiger partial charge in [-0.3, -0.25) is 80.3 Å². The first-order valence-corrected chi connectivity index (χ1v) is 8.43. The largest absolute Gasteiger partial charge is 0.730 e. The molecule has 0 aliphatic carbocycles. The van der Waals surface area contributed by atoms with Crippen LogP contribution in [0, 0.1) is 70.8 Å². The molecule has 0 atom stereocenters. The molecule has 0 saturated carbocycles. The first-order chi connectivity index (χ1) is 17.2. The molecule has 39 heavy (non-hydrogen) atoms. The predicted octanol–water partition coefficient (Wildman–Crippen LogP) is -1.47. The van der Waals surface area contributed by atoms with Crippen molar-refractivity contribution in [2.45, 2.75) is 48.4 Å². The number of nitro groups is 7. The predicted molar refractivity (Wildman–Crippen MR) is 91.6 cm³/mol. The lowest BCUT2D eigenvalue weighted by atomic mass is 9.83. The van der Waals surface area contributed by atoms with Gasteiger partial charge in [0.2, 0.25) is 0 Å². The molecule has 0 radical (unpaired) electrons. The third kappa shape index (κ3) is 6.41. The fourth-order valence-corrected chi connectivity index (χ4v) is 2.72. The van der Waals surface area contributed by atoms with Gasteiger partial charge in [-0.1, -0.05) is 8.78 Å². The number of halogens is 5. The van der Waals surface area contributed by atoms with Crippen molar-refractivity contribution in [1.82, 2.24) is 0 Å². The molecule has 222 valence electrons. The maximum Gasteiger partial charge on any atom is 0.730 e. The Morgan fingerprint density at radius 3 is 1.05 bits per heavy atom. The Bertz CT molecular complexity index is 976. The van der Waals surface area contributed by atoms with Gasteiger partial charge in [0.05, 0.1) is 0 Å². The van der Waals surface area contributed by atoms with Gasteiger partial charge in [0.1, 0.15) is 19.7 Å². The number of aliphatic hydroxyl groups is 2. The van der Waals surface area contributed by atoms with Crippen molar-refractivity contribution in [3.05, 3.63) is 70.8 Å². The Hall–Kier alpha value is -4.71. The van der Waals surface area contributed by atoms with Gasteiger partial charge in [0.15, 0.2) is 34.2 Å². The van der Waals surface area contributed by atoms with Gasteiger partial charge in [-0.2, -0.15) is 13.2 Å². The number of hydrogen-bond donors (Lipinski definition) is 2. The highest BCUT2D eigenvalue weighted by Gasteiger charge is 2.94. The van der Waals surface area contributed by atoms with E-state index < -0.39 is 89.5 Å². The van der Waals surface area contributed by atoms with Gasteiger partial charge < -0.3 is 10.2 Å². The summed E-state index contributed by atoms with van der Waals surface area (Å²) in [5, 5.41) is 97.6. The van der Waals surface area contributed by atoms with Gasteiger partial charge in [-0.25, -0.2) is 0 Å². The highest BCUT2D eigenvalue weighted by molar-refractivity contribution is 4.95. The summed E-state index contributed by atoms with van der Waals surface area (Å²) >= 11 is 0. The van der Waals surface area contributed by atoms with Crippen LogP contribution in [0.25, 0.3) is 0 Å². The van der Waals surface area contributed by atoms with Crippen molar-refractivity contribution in [2.24, 2.45) is 0 Å². The smallest absolute Gasteiger partial charge is 0.319 e. The summed E-state index contributed by atoms with van der Waals surface area (Å²) in [4.78, 5) is 58.0. The molecule has 30 heteroatoms. The van der Waals surface area contributed by atoms with Crippen LogP contribution in [0.3, 0.4) is 0 Å². The summed E-state index contributed by atoms with van der Waals surface area (Å²) in [6.07, 6.45) is -18.9. The van der Waals surface area contributed by atoms with Crippen LogP contribution in [0.5, 0.6) is 0 Å². The van der Waals surface area contributed by atoms with Gasteiger partial charge in [-0.15, -0.1) is 0 Å². The number of ether oxygens (including phenoxy) is 2. The molecule has 0 amide bonds. The van der Waals surface area contributed by atoms with Crippen LogP contribution in [0.2, 0.25) is 0 Å². The Labute approximate surface area is 203 Å². The van der Waals surface area contributed by atoms with E-state index in [4.69, 9.17) is 0 Å². The molecule has 0 fully saturated rings. The SMILES string of the molecule is O=[N+]([O-])C(F)(CC(CC(F)([N+](=O)[O-])[N+](=O)[O-])(OC(O)(O)OCC(F)(F)F)C([N+](=O)[O-])([N+](=O)[O-])[N+](=O)[O-])[N+](=O)[O-]. The molecule has 25 nitrogen and oxygen atoms in total. The summed E-state index contributed by atoms with van der Waals surface area (Å²) in [6.45, 7) is -3.06. The van der Waals surface area contributed by atoms with E-state index in [2.05, 4.69) is 9.47 Å². The van der Waals surface area contributed by atoms with Crippen LogP contribution < -0.4 is 0 Å². The highest BCUT2D eigenvalue weighted by Crippen LogP contribution is 2.47. The molecule has 0 saturated heterocycles. The quantitative estimate of drug-likeness (QED) is 0.0674. The standard InChI is InChI=1S/C9H8F5N7O18/c10-5(11,12)3-38-9(22,23)39-4(1-6(13,15(24)25)16(26)27,2-7(14,17(28)29)18(30)31)8(19(32)33,20(34)35)21(36)37/h22-23H,1-3H2. The third-order valence-electron chi connectivity index (χ3n) is 4.27. The van der Waals surface area contributed by atoms with Crippen LogP contribution in [-0.2, 0) is 9.47 Å². The van der Waals surface area contributed by atoms with E-state index in [0.717, 1.165) is 0 Å². The first-order valence-electron chi connectivity index (χ1n) is 8.43. The molecule has 0 aliphatic rings. The molecule has 0 aromatic heterocycles. The maximum atomic E-state index is 14.8. The van der Waals surface area contributed by atoms with E-state index in [0.29, 0.717) is 0 Å². The lowest BCUT2D eigenvalue weighted by molar-refractivity contribution is -0.993. The minimum atomic E-state index is -6.18. The minimum Gasteiger partial charge on any atom is -0.319 e. The van der Waals surface area contributed by atoms with E-state index in [9.17, 15) is 103 Å². The van der Waals surface area contributed by atoms with Gasteiger partial charge in [0, 0.05) is 0 Å². The van der Waals surface area contributed by atoms with E-state index in [1.54, 1.807) is 0 Å². The molecule has 2 N–H and O–H groups in total. The Morgan fingerprint density at radius 2 is 0.846 bits per heavy atom. The van der Waals surface area contributed by atoms with E-state index in [1.807, 2.05) is 0 Å². The van der Waals surface area contributed by atoms with Gasteiger partial charge in [0.25, 0.3) is 0 Å². The zero-order valence-electron chi connectivity index (χ0n) is 17.6. The molecule has 0 aromatic carbocycles. The second kappa shape index (κ2) is 10.6. The molecular formula is C9H8F5N7O18. The molecule has 0 rings (SSSR count). The third-order valence-corrected chi connectivity index (χ3v) is 4.27. The summed E-state index contributed by atoms with van der Waals surface area (Å²) in [7, 11) is 0. The summed E-state index contributed by atoms with van der Waals surface area (Å²) < 4.78 is 73.3. The van der Waals surface area contributed by atoms with Crippen LogP contribution in [-0.4, -0.2) is 86.8 Å². The van der Waals surface area contributed by atoms with E-state index >= 15 is 0 Å². The molecular weight excluding hydrogens is 589 g/mol. The van der Waals surface area contributed by atoms with Crippen molar-refractivity contribution >= 4 is 0 Å². The lowest BCUT2D eigenvalue weighted by Gasteiger charge is -2.34. The molecule has 0 aliphatic heterocycles. The van der Waals surface area contributed by atoms with Crippen molar-refractivity contribution < 1.29 is 76.1 Å². The fourth-order valence-electron chi connectivity index (χ4n) is 2.72. The van der Waals surface area contributed by atoms with Crippen LogP contribution in [0.4, 0.5) is 22.0 Å². The maximum absolute atomic E-state index is 14.8. The zero-order valence-corrected chi connectivity index (χ0v) is 17.6. The highest BCUT2D eigenvalue weighted by atomic mass is 19.4. The average Bonchev–Trinajstić information content (AvgIpc) is 2.70. The second-order valence-electron chi connectivity index (χ2n) is 6.78. The van der Waals surface area contributed by atoms with Gasteiger partial charge >= 0.3 is 35.6 Å². The van der Waals surface area contributed by atoms with E-state index in [1.165, 1.54) is 0 Å². The van der Waals surface area contributed by atoms with Crippen LogP contribution in [0.1, 0.15) is 12.8 Å². The second-order valence-corrected chi connectivity index (χ2v) is 6.78. The number of rotatable bonds is 16. The average molecular weight is 597 g/mol. The first kappa shape index (κ1) is 34.3.